The number of rotatable bonds is 2. The Bertz CT molecular complexity index is 126. The molecule has 0 rings (SSSR count). The average Bonchev–Trinajstić information content (AvgIpc) is 1.86. The number of hydrogen-bond donors (Lipinski definition) is 1. The molecule has 0 aromatic carbocycles. The summed E-state index contributed by atoms with van der Waals surface area (Å²) in [4.78, 5) is 0. The van der Waals surface area contributed by atoms with Crippen LogP contribution in [0, 0.1) is 12.3 Å². The molecule has 0 spiro atoms. The Kier molecular flexibility index (Phi) is 2.60. The van der Waals surface area contributed by atoms with E-state index in [1.165, 1.54) is 5.92 Å². The Morgan fingerprint density at radius 2 is 2.22 bits per heavy atom. The maximum Gasteiger partial charge on any atom is 0.322 e. The minimum absolute atomic E-state index is 0.192. The molecule has 0 heterocycles. The van der Waals surface area contributed by atoms with Gasteiger partial charge in [0, 0.05) is 0 Å². The lowest BCUT2D eigenvalue weighted by Gasteiger charge is -2.15. The van der Waals surface area contributed by atoms with Gasteiger partial charge in [0.1, 0.15) is 0 Å². The molecule has 0 aromatic rings. The summed E-state index contributed by atoms with van der Waals surface area (Å²) < 4.78 is 24.4. The second-order valence-electron chi connectivity index (χ2n) is 1.78. The fourth-order valence-electron chi connectivity index (χ4n) is 0.363. The smallest absolute Gasteiger partial charge is 0.322 e. The summed E-state index contributed by atoms with van der Waals surface area (Å²) in [5.41, 5.74) is 4.97. The quantitative estimate of drug-likeness (QED) is 0.558. The molecule has 9 heavy (non-hydrogen) atoms. The lowest BCUT2D eigenvalue weighted by Crippen LogP contribution is -2.38. The molecule has 0 radical (unpaired) electrons. The third-order valence-corrected chi connectivity index (χ3v) is 1.10. The first kappa shape index (κ1) is 8.38. The predicted molar refractivity (Wildman–Crippen MR) is 32.0 cm³/mol. The van der Waals surface area contributed by atoms with E-state index in [2.05, 4.69) is 6.42 Å². The fraction of sp³-hybridized carbons (Fsp3) is 0.667. The molecular weight excluding hydrogens is 124 g/mol. The zero-order valence-electron chi connectivity index (χ0n) is 5.20. The lowest BCUT2D eigenvalue weighted by molar-refractivity contribution is 0.0360. The maximum absolute atomic E-state index is 12.2. The summed E-state index contributed by atoms with van der Waals surface area (Å²) in [6.07, 6.45) is 4.69. The molecule has 0 aromatic heterocycles. The Morgan fingerprint density at radius 3 is 2.33 bits per heavy atom. The van der Waals surface area contributed by atoms with Crippen LogP contribution in [0.2, 0.25) is 0 Å². The van der Waals surface area contributed by atoms with E-state index in [1.807, 2.05) is 0 Å². The van der Waals surface area contributed by atoms with Gasteiger partial charge in [-0.05, 0) is 12.3 Å². The van der Waals surface area contributed by atoms with Crippen LogP contribution in [0.4, 0.5) is 8.78 Å². The van der Waals surface area contributed by atoms with Gasteiger partial charge < -0.3 is 5.73 Å². The van der Waals surface area contributed by atoms with Crippen LogP contribution in [0.3, 0.4) is 0 Å². The van der Waals surface area contributed by atoms with E-state index in [-0.39, 0.29) is 6.42 Å². The highest BCUT2D eigenvalue weighted by atomic mass is 19.3. The van der Waals surface area contributed by atoms with E-state index >= 15 is 0 Å². The monoisotopic (exact) mass is 133 g/mol. The van der Waals surface area contributed by atoms with Gasteiger partial charge >= 0.3 is 5.92 Å². The Labute approximate surface area is 53.2 Å². The normalized spacial score (nSPS) is 14.6. The molecule has 2 N–H and O–H groups in total. The molecule has 0 amide bonds. The second-order valence-corrected chi connectivity index (χ2v) is 1.78. The van der Waals surface area contributed by atoms with Gasteiger partial charge in [0.15, 0.2) is 0 Å². The average molecular weight is 133 g/mol. The standard InChI is InChI=1S/C6H9F2N/c1-3-5(9)6(7,8)4-2/h2,5H,3,9H2,1H3. The highest BCUT2D eigenvalue weighted by molar-refractivity contribution is 5.05. The summed E-state index contributed by atoms with van der Waals surface area (Å²) in [6.45, 7) is 1.57. The van der Waals surface area contributed by atoms with Crippen LogP contribution < -0.4 is 5.73 Å². The molecule has 0 saturated carbocycles. The Balaban J connectivity index is 4.01. The van der Waals surface area contributed by atoms with E-state index in [1.54, 1.807) is 6.92 Å². The summed E-state index contributed by atoms with van der Waals surface area (Å²) in [7, 11) is 0. The minimum atomic E-state index is -3.14. The van der Waals surface area contributed by atoms with Gasteiger partial charge in [-0.2, -0.15) is 8.78 Å². The van der Waals surface area contributed by atoms with Crippen molar-refractivity contribution < 1.29 is 8.78 Å². The molecule has 1 unspecified atom stereocenters. The van der Waals surface area contributed by atoms with E-state index in [9.17, 15) is 8.78 Å². The number of terminal acetylenes is 1. The summed E-state index contributed by atoms with van der Waals surface area (Å²) in [5.74, 6) is -1.81. The fourth-order valence-corrected chi connectivity index (χ4v) is 0.363. The number of halogens is 2. The minimum Gasteiger partial charge on any atom is -0.322 e. The molecule has 1 atom stereocenters. The molecule has 0 aliphatic carbocycles. The molecular formula is C6H9F2N. The largest absolute Gasteiger partial charge is 0.322 e. The van der Waals surface area contributed by atoms with Crippen molar-refractivity contribution in [1.82, 2.24) is 0 Å². The highest BCUT2D eigenvalue weighted by Gasteiger charge is 2.32. The molecule has 0 saturated heterocycles. The topological polar surface area (TPSA) is 26.0 Å². The molecule has 0 aliphatic heterocycles. The molecule has 0 aliphatic rings. The third-order valence-electron chi connectivity index (χ3n) is 1.10. The van der Waals surface area contributed by atoms with Crippen LogP contribution in [0.5, 0.6) is 0 Å². The van der Waals surface area contributed by atoms with Gasteiger partial charge in [0.05, 0.1) is 6.04 Å². The van der Waals surface area contributed by atoms with Crippen molar-refractivity contribution in [3.8, 4) is 12.3 Å². The number of hydrogen-bond acceptors (Lipinski definition) is 1. The molecule has 52 valence electrons. The van der Waals surface area contributed by atoms with Crippen LogP contribution in [0.15, 0.2) is 0 Å². The zero-order valence-corrected chi connectivity index (χ0v) is 5.20. The van der Waals surface area contributed by atoms with E-state index in [0.29, 0.717) is 0 Å². The van der Waals surface area contributed by atoms with E-state index < -0.39 is 12.0 Å². The van der Waals surface area contributed by atoms with Crippen LogP contribution in [-0.2, 0) is 0 Å². The van der Waals surface area contributed by atoms with Gasteiger partial charge in [-0.1, -0.05) is 6.92 Å². The second kappa shape index (κ2) is 2.79. The van der Waals surface area contributed by atoms with Crippen molar-refractivity contribution in [1.29, 1.82) is 0 Å². The SMILES string of the molecule is C#CC(F)(F)C(N)CC. The Hall–Kier alpha value is -0.620. The lowest BCUT2D eigenvalue weighted by atomic mass is 10.1. The summed E-state index contributed by atoms with van der Waals surface area (Å²) in [5, 5.41) is 0. The zero-order chi connectivity index (χ0) is 7.49. The van der Waals surface area contributed by atoms with E-state index in [4.69, 9.17) is 5.73 Å². The molecule has 3 heteroatoms. The van der Waals surface area contributed by atoms with Crippen molar-refractivity contribution in [2.75, 3.05) is 0 Å². The number of nitrogens with two attached hydrogens (primary N) is 1. The predicted octanol–water partition coefficient (Wildman–Crippen LogP) is 0.992. The first-order valence-electron chi connectivity index (χ1n) is 2.65. The maximum atomic E-state index is 12.2. The number of alkyl halides is 2. The van der Waals surface area contributed by atoms with Crippen LogP contribution in [0.1, 0.15) is 13.3 Å². The van der Waals surface area contributed by atoms with Crippen LogP contribution in [-0.4, -0.2) is 12.0 Å². The van der Waals surface area contributed by atoms with Gasteiger partial charge in [-0.25, -0.2) is 0 Å². The summed E-state index contributed by atoms with van der Waals surface area (Å²) in [6, 6.07) is -1.21. The van der Waals surface area contributed by atoms with Crippen molar-refractivity contribution in [3.05, 3.63) is 0 Å². The molecule has 0 fully saturated rings. The summed E-state index contributed by atoms with van der Waals surface area (Å²) >= 11 is 0. The van der Waals surface area contributed by atoms with Crippen LogP contribution >= 0.6 is 0 Å². The van der Waals surface area contributed by atoms with Crippen molar-refractivity contribution in [2.45, 2.75) is 25.3 Å². The molecule has 0 bridgehead atoms. The van der Waals surface area contributed by atoms with Crippen molar-refractivity contribution >= 4 is 0 Å². The Morgan fingerprint density at radius 1 is 1.78 bits per heavy atom. The first-order valence-corrected chi connectivity index (χ1v) is 2.65. The van der Waals surface area contributed by atoms with Crippen molar-refractivity contribution in [3.63, 3.8) is 0 Å². The van der Waals surface area contributed by atoms with Crippen molar-refractivity contribution in [2.24, 2.45) is 5.73 Å². The first-order chi connectivity index (χ1) is 4.04. The van der Waals surface area contributed by atoms with E-state index in [0.717, 1.165) is 0 Å². The third kappa shape index (κ3) is 1.98. The van der Waals surface area contributed by atoms with Gasteiger partial charge in [-0.3, -0.25) is 0 Å². The highest BCUT2D eigenvalue weighted by Crippen LogP contribution is 2.16. The van der Waals surface area contributed by atoms with Gasteiger partial charge in [0.25, 0.3) is 0 Å². The van der Waals surface area contributed by atoms with Gasteiger partial charge in [-0.15, -0.1) is 6.42 Å². The van der Waals surface area contributed by atoms with Gasteiger partial charge in [0.2, 0.25) is 0 Å². The van der Waals surface area contributed by atoms with Crippen LogP contribution in [0.25, 0.3) is 0 Å². The molecule has 1 nitrogen and oxygen atoms in total.